The SMILES string of the molecule is C=C1C=C2/C(=C\C/C=C\C=C/1)CC2OO. The van der Waals surface area contributed by atoms with Crippen LogP contribution in [0.1, 0.15) is 12.8 Å². The van der Waals surface area contributed by atoms with Crippen molar-refractivity contribution in [3.63, 3.8) is 0 Å². The minimum absolute atomic E-state index is 0.176. The zero-order valence-electron chi connectivity index (χ0n) is 8.52. The molecule has 0 heterocycles. The summed E-state index contributed by atoms with van der Waals surface area (Å²) in [5.74, 6) is 0. The van der Waals surface area contributed by atoms with Crippen LogP contribution in [0.4, 0.5) is 0 Å². The molecule has 0 saturated heterocycles. The molecule has 1 fully saturated rings. The van der Waals surface area contributed by atoms with Crippen molar-refractivity contribution in [3.05, 3.63) is 59.8 Å². The minimum Gasteiger partial charge on any atom is -0.251 e. The Kier molecular flexibility index (Phi) is 2.99. The van der Waals surface area contributed by atoms with E-state index >= 15 is 0 Å². The van der Waals surface area contributed by atoms with E-state index in [1.165, 1.54) is 5.57 Å². The molecule has 78 valence electrons. The molecule has 2 rings (SSSR count). The van der Waals surface area contributed by atoms with Crippen LogP contribution >= 0.6 is 0 Å². The molecule has 0 radical (unpaired) electrons. The van der Waals surface area contributed by atoms with Crippen molar-refractivity contribution in [2.24, 2.45) is 0 Å². The Labute approximate surface area is 89.5 Å². The smallest absolute Gasteiger partial charge is 0.122 e. The van der Waals surface area contributed by atoms with Crippen LogP contribution in [0.2, 0.25) is 0 Å². The lowest BCUT2D eigenvalue weighted by atomic mass is 9.80. The predicted molar refractivity (Wildman–Crippen MR) is 60.3 cm³/mol. The van der Waals surface area contributed by atoms with Crippen LogP contribution in [0.3, 0.4) is 0 Å². The van der Waals surface area contributed by atoms with Gasteiger partial charge in [0.25, 0.3) is 0 Å². The third-order valence-corrected chi connectivity index (χ3v) is 2.65. The van der Waals surface area contributed by atoms with Crippen molar-refractivity contribution in [3.8, 4) is 0 Å². The van der Waals surface area contributed by atoms with Crippen LogP contribution in [0.5, 0.6) is 0 Å². The van der Waals surface area contributed by atoms with E-state index in [0.29, 0.717) is 0 Å². The van der Waals surface area contributed by atoms with E-state index < -0.39 is 0 Å². The van der Waals surface area contributed by atoms with Crippen molar-refractivity contribution < 1.29 is 10.1 Å². The number of fused-ring (bicyclic) bond motifs is 1. The van der Waals surface area contributed by atoms with Crippen LogP contribution in [-0.4, -0.2) is 11.4 Å². The van der Waals surface area contributed by atoms with Gasteiger partial charge >= 0.3 is 0 Å². The highest BCUT2D eigenvalue weighted by Gasteiger charge is 2.30. The first kappa shape index (κ1) is 10.1. The highest BCUT2D eigenvalue weighted by atomic mass is 17.1. The molecule has 15 heavy (non-hydrogen) atoms. The van der Waals surface area contributed by atoms with E-state index in [9.17, 15) is 0 Å². The maximum atomic E-state index is 8.67. The summed E-state index contributed by atoms with van der Waals surface area (Å²) in [5, 5.41) is 8.67. The fourth-order valence-electron chi connectivity index (χ4n) is 1.78. The first-order valence-corrected chi connectivity index (χ1v) is 5.04. The van der Waals surface area contributed by atoms with Crippen molar-refractivity contribution in [1.82, 2.24) is 0 Å². The number of hydrogen-bond donors (Lipinski definition) is 1. The molecule has 1 unspecified atom stereocenters. The van der Waals surface area contributed by atoms with Crippen molar-refractivity contribution in [2.45, 2.75) is 18.9 Å². The zero-order valence-corrected chi connectivity index (χ0v) is 8.52. The molecule has 2 nitrogen and oxygen atoms in total. The highest BCUT2D eigenvalue weighted by molar-refractivity contribution is 5.50. The third-order valence-electron chi connectivity index (χ3n) is 2.65. The molecular formula is C13H14O2. The summed E-state index contributed by atoms with van der Waals surface area (Å²) in [6.45, 7) is 3.91. The topological polar surface area (TPSA) is 29.5 Å². The third kappa shape index (κ3) is 2.17. The lowest BCUT2D eigenvalue weighted by molar-refractivity contribution is -0.273. The van der Waals surface area contributed by atoms with Crippen molar-refractivity contribution in [2.75, 3.05) is 0 Å². The largest absolute Gasteiger partial charge is 0.251 e. The van der Waals surface area contributed by atoms with E-state index in [1.54, 1.807) is 0 Å². The highest BCUT2D eigenvalue weighted by Crippen LogP contribution is 2.36. The van der Waals surface area contributed by atoms with E-state index in [2.05, 4.69) is 23.6 Å². The second-order valence-electron chi connectivity index (χ2n) is 3.73. The number of rotatable bonds is 1. The second kappa shape index (κ2) is 4.43. The van der Waals surface area contributed by atoms with Crippen molar-refractivity contribution >= 4 is 0 Å². The fraction of sp³-hybridized carbons (Fsp3) is 0.231. The average Bonchev–Trinajstić information content (AvgIpc) is 2.22. The molecule has 0 amide bonds. The molecule has 0 aromatic carbocycles. The molecule has 0 aliphatic heterocycles. The van der Waals surface area contributed by atoms with Gasteiger partial charge in [-0.3, -0.25) is 5.26 Å². The Bertz CT molecular complexity index is 383. The maximum Gasteiger partial charge on any atom is 0.122 e. The summed E-state index contributed by atoms with van der Waals surface area (Å²) in [4.78, 5) is 4.38. The second-order valence-corrected chi connectivity index (χ2v) is 3.73. The number of allylic oxidation sites excluding steroid dienone is 7. The quantitative estimate of drug-likeness (QED) is 0.522. The fourth-order valence-corrected chi connectivity index (χ4v) is 1.78. The summed E-state index contributed by atoms with van der Waals surface area (Å²) in [5.41, 5.74) is 3.21. The molecule has 0 spiro atoms. The molecule has 0 bridgehead atoms. The van der Waals surface area contributed by atoms with Crippen LogP contribution in [0, 0.1) is 0 Å². The Morgan fingerprint density at radius 1 is 1.40 bits per heavy atom. The van der Waals surface area contributed by atoms with Gasteiger partial charge in [-0.1, -0.05) is 37.0 Å². The lowest BCUT2D eigenvalue weighted by Gasteiger charge is -2.30. The van der Waals surface area contributed by atoms with E-state index in [4.69, 9.17) is 5.26 Å². The van der Waals surface area contributed by atoms with Crippen LogP contribution in [-0.2, 0) is 4.89 Å². The number of hydrogen-bond acceptors (Lipinski definition) is 2. The summed E-state index contributed by atoms with van der Waals surface area (Å²) in [6.07, 6.45) is 13.7. The Balaban J connectivity index is 2.26. The normalized spacial score (nSPS) is 32.9. The Morgan fingerprint density at radius 2 is 2.27 bits per heavy atom. The molecule has 0 aromatic rings. The molecule has 1 saturated carbocycles. The monoisotopic (exact) mass is 202 g/mol. The van der Waals surface area contributed by atoms with Gasteiger partial charge in [-0.2, -0.15) is 0 Å². The zero-order chi connectivity index (χ0) is 10.7. The summed E-state index contributed by atoms with van der Waals surface area (Å²) in [6, 6.07) is 0. The average molecular weight is 202 g/mol. The van der Waals surface area contributed by atoms with Gasteiger partial charge in [0.15, 0.2) is 0 Å². The van der Waals surface area contributed by atoms with Crippen molar-refractivity contribution in [1.29, 1.82) is 0 Å². The van der Waals surface area contributed by atoms with E-state index in [0.717, 1.165) is 24.0 Å². The van der Waals surface area contributed by atoms with Gasteiger partial charge in [-0.05, 0) is 29.2 Å². The van der Waals surface area contributed by atoms with E-state index in [-0.39, 0.29) is 6.10 Å². The van der Waals surface area contributed by atoms with Gasteiger partial charge in [0.05, 0.1) is 0 Å². The predicted octanol–water partition coefficient (Wildman–Crippen LogP) is 3.17. The molecule has 1 atom stereocenters. The van der Waals surface area contributed by atoms with Gasteiger partial charge < -0.3 is 0 Å². The van der Waals surface area contributed by atoms with Gasteiger partial charge in [-0.15, -0.1) is 0 Å². The van der Waals surface area contributed by atoms with Gasteiger partial charge in [-0.25, -0.2) is 4.89 Å². The molecule has 0 aromatic heterocycles. The molecule has 2 heteroatoms. The van der Waals surface area contributed by atoms with Gasteiger partial charge in [0, 0.05) is 6.42 Å². The van der Waals surface area contributed by atoms with Gasteiger partial charge in [0.2, 0.25) is 0 Å². The minimum atomic E-state index is -0.176. The molecular weight excluding hydrogens is 188 g/mol. The van der Waals surface area contributed by atoms with Gasteiger partial charge in [0.1, 0.15) is 6.10 Å². The molecule has 2 aliphatic carbocycles. The summed E-state index contributed by atoms with van der Waals surface area (Å²) >= 11 is 0. The van der Waals surface area contributed by atoms with E-state index in [1.807, 2.05) is 24.3 Å². The standard InChI is InChI=1S/C13H14O2/c1-10-6-4-2-3-5-7-11-9-13(15-14)12(11)8-10/h2-4,6-8,13-14H,1,5,9H2/b3-2-,6-4-,11-7-,12-8?. The Morgan fingerprint density at radius 3 is 3.07 bits per heavy atom. The maximum absolute atomic E-state index is 8.67. The molecule has 1 N–H and O–H groups in total. The summed E-state index contributed by atoms with van der Waals surface area (Å²) < 4.78 is 0. The first-order valence-electron chi connectivity index (χ1n) is 5.04. The van der Waals surface area contributed by atoms with Crippen LogP contribution in [0.25, 0.3) is 0 Å². The van der Waals surface area contributed by atoms with Crippen LogP contribution in [0.15, 0.2) is 59.8 Å². The Hall–Kier alpha value is -1.38. The van der Waals surface area contributed by atoms with Crippen LogP contribution < -0.4 is 0 Å². The first-order chi connectivity index (χ1) is 7.31. The summed E-state index contributed by atoms with van der Waals surface area (Å²) in [7, 11) is 0. The lowest BCUT2D eigenvalue weighted by Crippen LogP contribution is -2.27. The molecule has 2 aliphatic rings.